The zero-order valence-electron chi connectivity index (χ0n) is 11.8. The maximum atomic E-state index is 5.34. The molecule has 0 fully saturated rings. The summed E-state index contributed by atoms with van der Waals surface area (Å²) in [7, 11) is 3.30. The van der Waals surface area contributed by atoms with Crippen LogP contribution in [-0.2, 0) is 6.54 Å². The first-order valence-electron chi connectivity index (χ1n) is 6.33. The molecule has 0 radical (unpaired) electrons. The largest absolute Gasteiger partial charge is 0.493 e. The minimum atomic E-state index is 0.246. The molecular weight excluding hydrogens is 338 g/mol. The van der Waals surface area contributed by atoms with Crippen molar-refractivity contribution < 1.29 is 9.47 Å². The second kappa shape index (κ2) is 7.11. The maximum Gasteiger partial charge on any atom is 0.161 e. The van der Waals surface area contributed by atoms with E-state index >= 15 is 0 Å². The summed E-state index contributed by atoms with van der Waals surface area (Å²) in [5.41, 5.74) is 1.18. The van der Waals surface area contributed by atoms with Gasteiger partial charge in [-0.1, -0.05) is 6.07 Å². The zero-order chi connectivity index (χ0) is 14.5. The summed E-state index contributed by atoms with van der Waals surface area (Å²) in [5, 5.41) is 3.51. The first-order valence-corrected chi connectivity index (χ1v) is 7.94. The highest BCUT2D eigenvalue weighted by molar-refractivity contribution is 9.11. The minimum absolute atomic E-state index is 0.246. The molecule has 0 bridgehead atoms. The number of nitrogens with one attached hydrogen (secondary N) is 1. The molecule has 2 rings (SSSR count). The summed E-state index contributed by atoms with van der Waals surface area (Å²) >= 11 is 5.23. The fourth-order valence-electron chi connectivity index (χ4n) is 1.94. The Morgan fingerprint density at radius 1 is 1.15 bits per heavy atom. The minimum Gasteiger partial charge on any atom is -0.493 e. The van der Waals surface area contributed by atoms with Crippen molar-refractivity contribution in [2.45, 2.75) is 19.5 Å². The predicted octanol–water partition coefficient (Wildman–Crippen LogP) is 4.38. The summed E-state index contributed by atoms with van der Waals surface area (Å²) in [5.74, 6) is 1.52. The van der Waals surface area contributed by atoms with Crippen LogP contribution in [0.15, 0.2) is 34.1 Å². The molecule has 0 saturated carbocycles. The number of rotatable bonds is 6. The Morgan fingerprint density at radius 2 is 1.90 bits per heavy atom. The second-order valence-electron chi connectivity index (χ2n) is 4.42. The topological polar surface area (TPSA) is 30.5 Å². The highest BCUT2D eigenvalue weighted by Crippen LogP contribution is 2.30. The Morgan fingerprint density at radius 3 is 2.50 bits per heavy atom. The van der Waals surface area contributed by atoms with Gasteiger partial charge in [-0.3, -0.25) is 0 Å². The number of benzene rings is 1. The first-order chi connectivity index (χ1) is 9.63. The molecule has 1 heterocycles. The van der Waals surface area contributed by atoms with Crippen LogP contribution in [0.3, 0.4) is 0 Å². The molecular formula is C15H18BrNO2S. The van der Waals surface area contributed by atoms with E-state index < -0.39 is 0 Å². The molecule has 20 heavy (non-hydrogen) atoms. The van der Waals surface area contributed by atoms with Gasteiger partial charge in [0.15, 0.2) is 11.5 Å². The van der Waals surface area contributed by atoms with E-state index in [1.807, 2.05) is 12.1 Å². The van der Waals surface area contributed by atoms with Crippen LogP contribution >= 0.6 is 27.3 Å². The van der Waals surface area contributed by atoms with Crippen molar-refractivity contribution in [1.29, 1.82) is 0 Å². The summed E-state index contributed by atoms with van der Waals surface area (Å²) < 4.78 is 11.8. The number of thiophene rings is 1. The molecule has 0 saturated heterocycles. The number of hydrogen-bond acceptors (Lipinski definition) is 4. The van der Waals surface area contributed by atoms with Crippen LogP contribution in [0.25, 0.3) is 0 Å². The predicted molar refractivity (Wildman–Crippen MR) is 86.8 cm³/mol. The molecule has 108 valence electrons. The van der Waals surface area contributed by atoms with Gasteiger partial charge in [0, 0.05) is 17.5 Å². The van der Waals surface area contributed by atoms with Crippen molar-refractivity contribution in [2.24, 2.45) is 0 Å². The van der Waals surface area contributed by atoms with Crippen molar-refractivity contribution >= 4 is 27.3 Å². The van der Waals surface area contributed by atoms with Gasteiger partial charge in [-0.2, -0.15) is 0 Å². The van der Waals surface area contributed by atoms with E-state index in [2.05, 4.69) is 46.4 Å². The SMILES string of the molecule is COc1ccc(C(C)NCc2ccc(Br)s2)cc1OC. The van der Waals surface area contributed by atoms with Crippen LogP contribution in [-0.4, -0.2) is 14.2 Å². The molecule has 2 aromatic rings. The summed E-state index contributed by atoms with van der Waals surface area (Å²) in [4.78, 5) is 1.31. The molecule has 0 aliphatic rings. The van der Waals surface area contributed by atoms with Gasteiger partial charge in [0.2, 0.25) is 0 Å². The van der Waals surface area contributed by atoms with Crippen molar-refractivity contribution in [3.63, 3.8) is 0 Å². The van der Waals surface area contributed by atoms with Crippen LogP contribution in [0.1, 0.15) is 23.4 Å². The summed E-state index contributed by atoms with van der Waals surface area (Å²) in [6.07, 6.45) is 0. The highest BCUT2D eigenvalue weighted by atomic mass is 79.9. The maximum absolute atomic E-state index is 5.34. The van der Waals surface area contributed by atoms with Gasteiger partial charge >= 0.3 is 0 Å². The number of hydrogen-bond donors (Lipinski definition) is 1. The molecule has 0 spiro atoms. The number of halogens is 1. The van der Waals surface area contributed by atoms with Crippen molar-refractivity contribution in [2.75, 3.05) is 14.2 Å². The molecule has 1 unspecified atom stereocenters. The van der Waals surface area contributed by atoms with Crippen LogP contribution in [0, 0.1) is 0 Å². The van der Waals surface area contributed by atoms with E-state index in [1.54, 1.807) is 25.6 Å². The van der Waals surface area contributed by atoms with Crippen molar-refractivity contribution in [3.8, 4) is 11.5 Å². The van der Waals surface area contributed by atoms with E-state index in [1.165, 1.54) is 10.4 Å². The molecule has 1 atom stereocenters. The molecule has 0 aliphatic carbocycles. The first kappa shape index (κ1) is 15.4. The lowest BCUT2D eigenvalue weighted by Crippen LogP contribution is -2.17. The van der Waals surface area contributed by atoms with E-state index in [0.717, 1.165) is 21.8 Å². The van der Waals surface area contributed by atoms with E-state index in [4.69, 9.17) is 9.47 Å². The summed E-state index contributed by atoms with van der Waals surface area (Å²) in [6.45, 7) is 3.00. The average molecular weight is 356 g/mol. The fraction of sp³-hybridized carbons (Fsp3) is 0.333. The van der Waals surface area contributed by atoms with Crippen molar-refractivity contribution in [3.05, 3.63) is 44.6 Å². The lowest BCUT2D eigenvalue weighted by Gasteiger charge is -2.16. The Labute approximate surface area is 132 Å². The monoisotopic (exact) mass is 355 g/mol. The molecule has 5 heteroatoms. The van der Waals surface area contributed by atoms with E-state index in [-0.39, 0.29) is 6.04 Å². The lowest BCUT2D eigenvalue weighted by atomic mass is 10.1. The molecule has 1 N–H and O–H groups in total. The molecule has 1 aromatic carbocycles. The van der Waals surface area contributed by atoms with Crippen LogP contribution < -0.4 is 14.8 Å². The van der Waals surface area contributed by atoms with Gasteiger partial charge in [0.1, 0.15) is 0 Å². The van der Waals surface area contributed by atoms with Gasteiger partial charge < -0.3 is 14.8 Å². The fourth-order valence-corrected chi connectivity index (χ4v) is 3.37. The quantitative estimate of drug-likeness (QED) is 0.833. The van der Waals surface area contributed by atoms with Gasteiger partial charge in [0.25, 0.3) is 0 Å². The molecule has 1 aromatic heterocycles. The van der Waals surface area contributed by atoms with Gasteiger partial charge in [-0.25, -0.2) is 0 Å². The number of ether oxygens (including phenoxy) is 2. The third-order valence-electron chi connectivity index (χ3n) is 3.12. The second-order valence-corrected chi connectivity index (χ2v) is 6.97. The Bertz CT molecular complexity index is 571. The zero-order valence-corrected chi connectivity index (χ0v) is 14.2. The molecule has 0 aliphatic heterocycles. The Hall–Kier alpha value is -1.04. The van der Waals surface area contributed by atoms with Gasteiger partial charge in [-0.15, -0.1) is 11.3 Å². The summed E-state index contributed by atoms with van der Waals surface area (Å²) in [6, 6.07) is 10.5. The van der Waals surface area contributed by atoms with Crippen molar-refractivity contribution in [1.82, 2.24) is 5.32 Å². The standard InChI is InChI=1S/C15H18BrNO2S/c1-10(17-9-12-5-7-15(16)20-12)11-4-6-13(18-2)14(8-11)19-3/h4-8,10,17H,9H2,1-3H3. The van der Waals surface area contributed by atoms with Gasteiger partial charge in [0.05, 0.1) is 18.0 Å². The third-order valence-corrected chi connectivity index (χ3v) is 4.74. The molecule has 0 amide bonds. The van der Waals surface area contributed by atoms with Crippen LogP contribution in [0.2, 0.25) is 0 Å². The van der Waals surface area contributed by atoms with Gasteiger partial charge in [-0.05, 0) is 52.7 Å². The number of methoxy groups -OCH3 is 2. The Balaban J connectivity index is 2.03. The lowest BCUT2D eigenvalue weighted by molar-refractivity contribution is 0.354. The Kier molecular flexibility index (Phi) is 5.46. The van der Waals surface area contributed by atoms with Crippen LogP contribution in [0.5, 0.6) is 11.5 Å². The average Bonchev–Trinajstić information content (AvgIpc) is 2.89. The smallest absolute Gasteiger partial charge is 0.161 e. The third kappa shape index (κ3) is 3.75. The highest BCUT2D eigenvalue weighted by Gasteiger charge is 2.10. The van der Waals surface area contributed by atoms with E-state index in [9.17, 15) is 0 Å². The molecule has 3 nitrogen and oxygen atoms in total. The normalized spacial score (nSPS) is 12.2. The van der Waals surface area contributed by atoms with E-state index in [0.29, 0.717) is 0 Å². The van der Waals surface area contributed by atoms with Crippen LogP contribution in [0.4, 0.5) is 0 Å².